The maximum absolute atomic E-state index is 13.1. The zero-order valence-electron chi connectivity index (χ0n) is 20.1. The van der Waals surface area contributed by atoms with E-state index in [-0.39, 0.29) is 22.7 Å². The molecule has 0 aliphatic rings. The highest BCUT2D eigenvalue weighted by Gasteiger charge is 2.27. The lowest BCUT2D eigenvalue weighted by Crippen LogP contribution is -2.31. The Bertz CT molecular complexity index is 1380. The first-order chi connectivity index (χ1) is 16.2. The van der Waals surface area contributed by atoms with Gasteiger partial charge in [0, 0.05) is 16.5 Å². The second-order valence-electron chi connectivity index (χ2n) is 8.99. The lowest BCUT2D eigenvalue weighted by molar-refractivity contribution is 0.0978. The summed E-state index contributed by atoms with van der Waals surface area (Å²) in [6, 6.07) is 6.98. The van der Waals surface area contributed by atoms with Gasteiger partial charge in [-0.25, -0.2) is 19.5 Å². The van der Waals surface area contributed by atoms with Crippen LogP contribution in [0.25, 0.3) is 0 Å². The average molecular weight is 519 g/mol. The Morgan fingerprint density at radius 2 is 1.69 bits per heavy atom. The van der Waals surface area contributed by atoms with Gasteiger partial charge in [0.2, 0.25) is 10.2 Å². The number of benzene rings is 1. The normalized spacial score (nSPS) is 11.7. The number of carbonyl (C=O) groups is 2. The average Bonchev–Trinajstić information content (AvgIpc) is 3.18. The maximum atomic E-state index is 13.1. The number of aryl methyl sites for hydroxylation is 3. The highest BCUT2D eigenvalue weighted by atomic mass is 32.2. The Morgan fingerprint density at radius 1 is 1.06 bits per heavy atom. The van der Waals surface area contributed by atoms with Crippen molar-refractivity contribution in [3.05, 3.63) is 57.6 Å². The first-order valence-corrected chi connectivity index (χ1v) is 12.8. The third-order valence-corrected chi connectivity index (χ3v) is 7.44. The Balaban J connectivity index is 1.99. The van der Waals surface area contributed by atoms with E-state index in [2.05, 4.69) is 9.97 Å². The largest absolute Gasteiger partial charge is 0.465 e. The van der Waals surface area contributed by atoms with Crippen molar-refractivity contribution in [2.75, 3.05) is 5.32 Å². The molecular weight excluding hydrogens is 492 g/mol. The number of sulfonamides is 1. The van der Waals surface area contributed by atoms with Crippen molar-refractivity contribution in [1.82, 2.24) is 14.7 Å². The summed E-state index contributed by atoms with van der Waals surface area (Å²) in [6.45, 7) is 11.6. The number of hydrogen-bond donors (Lipinski definition) is 3. The van der Waals surface area contributed by atoms with Crippen molar-refractivity contribution in [2.45, 2.75) is 51.3 Å². The molecule has 0 saturated carbocycles. The van der Waals surface area contributed by atoms with Gasteiger partial charge in [-0.05, 0) is 44.0 Å². The molecule has 2 amide bonds. The molecule has 3 N–H and O–H groups in total. The standard InChI is InChI=1S/C23H26N4O6S2/c1-12-9-13(2)18(14(3)10-12)33-20-15(7-8-16(24-20)23(4,5)6)19(28)27-35(31,32)22-26-17(11-34-22)25-21(29)30/h7-11,25H,1-6H3,(H,27,28)(H,29,30). The van der Waals surface area contributed by atoms with E-state index in [0.717, 1.165) is 16.7 Å². The Hall–Kier alpha value is -3.51. The summed E-state index contributed by atoms with van der Waals surface area (Å²) in [5.74, 6) is -0.637. The van der Waals surface area contributed by atoms with Crippen molar-refractivity contribution in [1.29, 1.82) is 0 Å². The quantitative estimate of drug-likeness (QED) is 0.423. The number of ether oxygens (including phenoxy) is 1. The molecule has 2 heterocycles. The number of anilines is 1. The van der Waals surface area contributed by atoms with Gasteiger partial charge in [-0.3, -0.25) is 10.1 Å². The first kappa shape index (κ1) is 26.1. The van der Waals surface area contributed by atoms with E-state index in [1.165, 1.54) is 11.4 Å². The number of carboxylic acid groups (broad SMARTS) is 1. The SMILES string of the molecule is Cc1cc(C)c(Oc2nc(C(C)(C)C)ccc2C(=O)NS(=O)(=O)c2nc(NC(=O)O)cs2)c(C)c1. The molecule has 3 aromatic rings. The number of hydrogen-bond acceptors (Lipinski definition) is 8. The van der Waals surface area contributed by atoms with E-state index in [9.17, 15) is 18.0 Å². The molecule has 0 bridgehead atoms. The maximum Gasteiger partial charge on any atom is 0.410 e. The third kappa shape index (κ3) is 6.14. The van der Waals surface area contributed by atoms with Gasteiger partial charge in [0.05, 0.1) is 0 Å². The molecule has 0 saturated heterocycles. The topological polar surface area (TPSA) is 148 Å². The summed E-state index contributed by atoms with van der Waals surface area (Å²) in [6.07, 6.45) is -1.39. The fraction of sp³-hybridized carbons (Fsp3) is 0.304. The summed E-state index contributed by atoms with van der Waals surface area (Å²) in [7, 11) is -4.38. The number of nitrogens with zero attached hydrogens (tertiary/aromatic N) is 2. The van der Waals surface area contributed by atoms with Crippen LogP contribution in [0.2, 0.25) is 0 Å². The van der Waals surface area contributed by atoms with E-state index in [1.54, 1.807) is 6.07 Å². The van der Waals surface area contributed by atoms with Crippen LogP contribution in [0.5, 0.6) is 11.6 Å². The van der Waals surface area contributed by atoms with Crippen molar-refractivity contribution in [3.8, 4) is 11.6 Å². The van der Waals surface area contributed by atoms with Crippen LogP contribution in [-0.4, -0.2) is 35.5 Å². The molecule has 0 spiro atoms. The second-order valence-corrected chi connectivity index (χ2v) is 11.7. The fourth-order valence-electron chi connectivity index (χ4n) is 3.30. The minimum Gasteiger partial charge on any atom is -0.465 e. The Labute approximate surface area is 207 Å². The van der Waals surface area contributed by atoms with E-state index >= 15 is 0 Å². The van der Waals surface area contributed by atoms with Gasteiger partial charge in [-0.2, -0.15) is 8.42 Å². The highest BCUT2D eigenvalue weighted by Crippen LogP contribution is 2.33. The summed E-state index contributed by atoms with van der Waals surface area (Å²) < 4.78 is 33.1. The molecule has 1 aromatic carbocycles. The minimum atomic E-state index is -4.38. The molecule has 0 aliphatic heterocycles. The van der Waals surface area contributed by atoms with Gasteiger partial charge in [-0.15, -0.1) is 11.3 Å². The molecule has 0 radical (unpaired) electrons. The van der Waals surface area contributed by atoms with Crippen molar-refractivity contribution >= 4 is 39.2 Å². The van der Waals surface area contributed by atoms with E-state index < -0.39 is 26.4 Å². The third-order valence-electron chi connectivity index (χ3n) is 4.85. The second kappa shape index (κ2) is 9.62. The van der Waals surface area contributed by atoms with Crippen LogP contribution in [-0.2, 0) is 15.4 Å². The zero-order valence-corrected chi connectivity index (χ0v) is 21.7. The summed E-state index contributed by atoms with van der Waals surface area (Å²) in [5.41, 5.74) is 2.94. The van der Waals surface area contributed by atoms with E-state index in [0.29, 0.717) is 22.8 Å². The molecular formula is C23H26N4O6S2. The number of thiazole rings is 1. The molecule has 10 nitrogen and oxygen atoms in total. The summed E-state index contributed by atoms with van der Waals surface area (Å²) >= 11 is 0.667. The van der Waals surface area contributed by atoms with Gasteiger partial charge in [-0.1, -0.05) is 38.5 Å². The Kier molecular flexibility index (Phi) is 7.18. The van der Waals surface area contributed by atoms with Gasteiger partial charge in [0.25, 0.3) is 15.9 Å². The van der Waals surface area contributed by atoms with Crippen molar-refractivity contribution < 1.29 is 27.9 Å². The van der Waals surface area contributed by atoms with Crippen molar-refractivity contribution in [2.24, 2.45) is 0 Å². The van der Waals surface area contributed by atoms with Gasteiger partial charge in [0.15, 0.2) is 0 Å². The molecule has 0 unspecified atom stereocenters. The van der Waals surface area contributed by atoms with Crippen LogP contribution < -0.4 is 14.8 Å². The molecule has 186 valence electrons. The number of aromatic nitrogens is 2. The number of rotatable bonds is 6. The van der Waals surface area contributed by atoms with Crippen LogP contribution in [0, 0.1) is 20.8 Å². The molecule has 35 heavy (non-hydrogen) atoms. The zero-order chi connectivity index (χ0) is 26.1. The first-order valence-electron chi connectivity index (χ1n) is 10.5. The molecule has 0 atom stereocenters. The molecule has 3 rings (SSSR count). The van der Waals surface area contributed by atoms with Gasteiger partial charge < -0.3 is 9.84 Å². The molecule has 2 aromatic heterocycles. The van der Waals surface area contributed by atoms with Crippen LogP contribution in [0.4, 0.5) is 10.6 Å². The monoisotopic (exact) mass is 518 g/mol. The predicted octanol–water partition coefficient (Wildman–Crippen LogP) is 4.76. The predicted molar refractivity (Wildman–Crippen MR) is 132 cm³/mol. The van der Waals surface area contributed by atoms with Gasteiger partial charge >= 0.3 is 6.09 Å². The number of nitrogens with one attached hydrogen (secondary N) is 2. The lowest BCUT2D eigenvalue weighted by Gasteiger charge is -2.21. The Morgan fingerprint density at radius 3 is 2.26 bits per heavy atom. The minimum absolute atomic E-state index is 0.0347. The molecule has 12 heteroatoms. The van der Waals surface area contributed by atoms with Crippen LogP contribution in [0.1, 0.15) is 53.5 Å². The molecule has 0 aliphatic carbocycles. The van der Waals surface area contributed by atoms with Crippen LogP contribution in [0.3, 0.4) is 0 Å². The van der Waals surface area contributed by atoms with Crippen LogP contribution >= 0.6 is 11.3 Å². The number of amides is 2. The molecule has 0 fully saturated rings. The fourth-order valence-corrected chi connectivity index (χ4v) is 5.21. The van der Waals surface area contributed by atoms with Crippen molar-refractivity contribution in [3.63, 3.8) is 0 Å². The smallest absolute Gasteiger partial charge is 0.410 e. The highest BCUT2D eigenvalue weighted by molar-refractivity contribution is 7.92. The number of pyridine rings is 1. The van der Waals surface area contributed by atoms with E-state index in [1.807, 2.05) is 63.7 Å². The van der Waals surface area contributed by atoms with Gasteiger partial charge in [0.1, 0.15) is 17.1 Å². The lowest BCUT2D eigenvalue weighted by atomic mass is 9.91. The number of carbonyl (C=O) groups excluding carboxylic acids is 1. The summed E-state index contributed by atoms with van der Waals surface area (Å²) in [5, 5.41) is 11.9. The van der Waals surface area contributed by atoms with E-state index in [4.69, 9.17) is 9.84 Å². The van der Waals surface area contributed by atoms with Crippen LogP contribution in [0.15, 0.2) is 34.0 Å². The summed E-state index contributed by atoms with van der Waals surface area (Å²) in [4.78, 5) is 32.1.